The van der Waals surface area contributed by atoms with Crippen molar-refractivity contribution in [3.05, 3.63) is 0 Å². The van der Waals surface area contributed by atoms with E-state index in [0.717, 1.165) is 26.2 Å². The molecular weight excluding hydrogens is 269 g/mol. The molecule has 2 heterocycles. The van der Waals surface area contributed by atoms with Crippen LogP contribution >= 0.6 is 7.36 Å². The Labute approximate surface area is 114 Å². The molecule has 2 aliphatic heterocycles. The van der Waals surface area contributed by atoms with Gasteiger partial charge >= 0.3 is 5.97 Å². The second kappa shape index (κ2) is 6.44. The predicted molar refractivity (Wildman–Crippen MR) is 77.1 cm³/mol. The smallest absolute Gasteiger partial charge is 0.317 e. The summed E-state index contributed by atoms with van der Waals surface area (Å²) in [6.45, 7) is 4.13. The lowest BCUT2D eigenvalue weighted by atomic mass is 10.4. The van der Waals surface area contributed by atoms with E-state index in [0.29, 0.717) is 0 Å². The fourth-order valence-electron chi connectivity index (χ4n) is 2.94. The first-order valence-corrected chi connectivity index (χ1v) is 9.08. The normalized spacial score (nSPS) is 23.3. The van der Waals surface area contributed by atoms with Crippen LogP contribution in [0.2, 0.25) is 0 Å². The molecule has 0 amide bonds. The van der Waals surface area contributed by atoms with E-state index in [2.05, 4.69) is 15.1 Å². The molecule has 2 N–H and O–H groups in total. The van der Waals surface area contributed by atoms with Crippen molar-refractivity contribution in [2.45, 2.75) is 31.2 Å². The van der Waals surface area contributed by atoms with Crippen molar-refractivity contribution in [2.24, 2.45) is 0 Å². The van der Waals surface area contributed by atoms with Crippen molar-refractivity contribution in [1.82, 2.24) is 15.1 Å². The Balaban J connectivity index is 2.16. The molecule has 7 heteroatoms. The SMILES string of the molecule is O=C(O)CNC([PH2]=S)(N1CCCC1)N1CCCC1. The first kappa shape index (κ1) is 14.4. The fraction of sp³-hybridized carbons (Fsp3) is 0.909. The molecule has 18 heavy (non-hydrogen) atoms. The predicted octanol–water partition coefficient (Wildman–Crippen LogP) is 0.336. The van der Waals surface area contributed by atoms with Crippen molar-refractivity contribution in [3.63, 3.8) is 0 Å². The Morgan fingerprint density at radius 1 is 1.17 bits per heavy atom. The highest BCUT2D eigenvalue weighted by Gasteiger charge is 2.42. The van der Waals surface area contributed by atoms with Gasteiger partial charge in [0.1, 0.15) is 0 Å². The van der Waals surface area contributed by atoms with E-state index in [4.69, 9.17) is 16.9 Å². The van der Waals surface area contributed by atoms with Gasteiger partial charge in [0.2, 0.25) is 0 Å². The molecule has 2 aliphatic rings. The van der Waals surface area contributed by atoms with Crippen molar-refractivity contribution in [1.29, 1.82) is 0 Å². The van der Waals surface area contributed by atoms with Crippen LogP contribution in [0.1, 0.15) is 25.7 Å². The summed E-state index contributed by atoms with van der Waals surface area (Å²) in [5, 5.41) is 12.2. The zero-order chi connectivity index (χ0) is 13.0. The molecule has 0 saturated carbocycles. The maximum absolute atomic E-state index is 10.9. The number of likely N-dealkylation sites (tertiary alicyclic amines) is 2. The maximum Gasteiger partial charge on any atom is 0.317 e. The van der Waals surface area contributed by atoms with Crippen LogP contribution in [0, 0.1) is 0 Å². The van der Waals surface area contributed by atoms with Gasteiger partial charge in [-0.2, -0.15) is 0 Å². The summed E-state index contributed by atoms with van der Waals surface area (Å²) in [6, 6.07) is 0. The topological polar surface area (TPSA) is 55.8 Å². The first-order valence-electron chi connectivity index (χ1n) is 6.62. The molecule has 104 valence electrons. The molecule has 2 rings (SSSR count). The van der Waals surface area contributed by atoms with Gasteiger partial charge < -0.3 is 5.11 Å². The van der Waals surface area contributed by atoms with Crippen molar-refractivity contribution < 1.29 is 9.90 Å². The van der Waals surface area contributed by atoms with E-state index in [9.17, 15) is 4.79 Å². The summed E-state index contributed by atoms with van der Waals surface area (Å²) in [5.74, 6) is -0.805. The Bertz CT molecular complexity index is 301. The van der Waals surface area contributed by atoms with Gasteiger partial charge in [-0.15, -0.1) is 0 Å². The van der Waals surface area contributed by atoms with Crippen LogP contribution in [0.25, 0.3) is 0 Å². The third-order valence-corrected chi connectivity index (χ3v) is 6.09. The Morgan fingerprint density at radius 3 is 1.94 bits per heavy atom. The van der Waals surface area contributed by atoms with Gasteiger partial charge in [-0.3, -0.25) is 19.9 Å². The Morgan fingerprint density at radius 2 is 1.61 bits per heavy atom. The molecule has 5 nitrogen and oxygen atoms in total. The van der Waals surface area contributed by atoms with Gasteiger partial charge in [0, 0.05) is 26.2 Å². The number of nitrogens with one attached hydrogen (secondary N) is 1. The number of carboxylic acid groups (broad SMARTS) is 1. The highest BCUT2D eigenvalue weighted by molar-refractivity contribution is 7.97. The average molecular weight is 291 g/mol. The molecule has 2 fully saturated rings. The number of carbonyl (C=O) groups is 1. The summed E-state index contributed by atoms with van der Waals surface area (Å²) >= 11 is 5.46. The van der Waals surface area contributed by atoms with Crippen molar-refractivity contribution >= 4 is 25.1 Å². The van der Waals surface area contributed by atoms with Crippen LogP contribution in [0.5, 0.6) is 0 Å². The number of rotatable bonds is 6. The number of hydrogen-bond donors (Lipinski definition) is 2. The van der Waals surface area contributed by atoms with Crippen LogP contribution < -0.4 is 5.32 Å². The van der Waals surface area contributed by atoms with Crippen LogP contribution in [-0.4, -0.2) is 59.1 Å². The van der Waals surface area contributed by atoms with E-state index in [1.807, 2.05) is 0 Å². The van der Waals surface area contributed by atoms with Gasteiger partial charge in [-0.05, 0) is 33.0 Å². The quantitative estimate of drug-likeness (QED) is 0.688. The fourth-order valence-corrected chi connectivity index (χ4v) is 5.08. The summed E-state index contributed by atoms with van der Waals surface area (Å²) in [4.78, 5) is 15.6. The highest BCUT2D eigenvalue weighted by atomic mass is 32.4. The summed E-state index contributed by atoms with van der Waals surface area (Å²) in [6.07, 6.45) is 4.77. The van der Waals surface area contributed by atoms with Gasteiger partial charge in [0.15, 0.2) is 5.53 Å². The van der Waals surface area contributed by atoms with Gasteiger partial charge in [-0.1, -0.05) is 11.8 Å². The highest BCUT2D eigenvalue weighted by Crippen LogP contribution is 2.34. The summed E-state index contributed by atoms with van der Waals surface area (Å²) in [5.41, 5.74) is -0.333. The average Bonchev–Trinajstić information content (AvgIpc) is 3.03. The number of aliphatic carboxylic acids is 1. The van der Waals surface area contributed by atoms with Crippen LogP contribution in [0.4, 0.5) is 0 Å². The van der Waals surface area contributed by atoms with E-state index in [-0.39, 0.29) is 19.4 Å². The zero-order valence-corrected chi connectivity index (χ0v) is 12.6. The molecular formula is C11H22N3O2PS. The molecule has 1 atom stereocenters. The monoisotopic (exact) mass is 291 g/mol. The largest absolute Gasteiger partial charge is 0.480 e. The third kappa shape index (κ3) is 2.94. The van der Waals surface area contributed by atoms with E-state index < -0.39 is 5.97 Å². The molecule has 0 aromatic carbocycles. The number of nitrogens with zero attached hydrogens (tertiary/aromatic N) is 2. The lowest BCUT2D eigenvalue weighted by Crippen LogP contribution is -2.64. The van der Waals surface area contributed by atoms with Gasteiger partial charge in [0.25, 0.3) is 0 Å². The zero-order valence-electron chi connectivity index (χ0n) is 10.6. The molecule has 2 saturated heterocycles. The number of hydrogen-bond acceptors (Lipinski definition) is 5. The second-order valence-electron chi connectivity index (χ2n) is 4.98. The third-order valence-electron chi connectivity index (χ3n) is 3.84. The van der Waals surface area contributed by atoms with E-state index >= 15 is 0 Å². The molecule has 1 unspecified atom stereocenters. The minimum atomic E-state index is -0.805. The van der Waals surface area contributed by atoms with E-state index in [1.165, 1.54) is 25.7 Å². The van der Waals surface area contributed by atoms with Gasteiger partial charge in [-0.25, -0.2) is 0 Å². The number of carboxylic acids is 1. The van der Waals surface area contributed by atoms with Crippen LogP contribution in [0.3, 0.4) is 0 Å². The minimum absolute atomic E-state index is 0.00333. The molecule has 0 aromatic heterocycles. The van der Waals surface area contributed by atoms with Crippen LogP contribution in [-0.2, 0) is 16.6 Å². The molecule has 0 bridgehead atoms. The molecule has 0 aromatic rings. The molecule has 0 radical (unpaired) electrons. The Kier molecular flexibility index (Phi) is 5.15. The van der Waals surface area contributed by atoms with Crippen molar-refractivity contribution in [2.75, 3.05) is 32.7 Å². The minimum Gasteiger partial charge on any atom is -0.480 e. The maximum atomic E-state index is 10.9. The molecule has 0 aliphatic carbocycles. The van der Waals surface area contributed by atoms with E-state index in [1.54, 1.807) is 0 Å². The lowest BCUT2D eigenvalue weighted by molar-refractivity contribution is -0.137. The standard InChI is InChI=1S/C11H22N3O2PS/c15-10(16)9-12-11(17-18,13-5-1-2-6-13)14-7-3-4-8-14/h12H,1-9,17H2,(H,15,16). The van der Waals surface area contributed by atoms with Crippen molar-refractivity contribution in [3.8, 4) is 0 Å². The first-order chi connectivity index (χ1) is 8.69. The molecule has 0 spiro atoms. The van der Waals surface area contributed by atoms with Crippen LogP contribution in [0.15, 0.2) is 0 Å². The lowest BCUT2D eigenvalue weighted by Gasteiger charge is -2.46. The second-order valence-corrected chi connectivity index (χ2v) is 6.73. The van der Waals surface area contributed by atoms with Gasteiger partial charge in [0.05, 0.1) is 6.54 Å². The summed E-state index contributed by atoms with van der Waals surface area (Å²) < 4.78 is 0. The summed E-state index contributed by atoms with van der Waals surface area (Å²) in [7, 11) is -0.286. The Hall–Kier alpha value is -0.0000000000000000694.